The Morgan fingerprint density at radius 1 is 0.704 bits per heavy atom. The maximum atomic E-state index is 12.2. The molecule has 0 aliphatic heterocycles. The fourth-order valence-electron chi connectivity index (χ4n) is 6.69. The molecule has 3 aliphatic rings. The molecule has 0 unspecified atom stereocenters. The molecule has 0 saturated heterocycles. The summed E-state index contributed by atoms with van der Waals surface area (Å²) >= 11 is 0. The summed E-state index contributed by atoms with van der Waals surface area (Å²) in [5, 5.41) is 0. The van der Waals surface area contributed by atoms with E-state index in [1.165, 1.54) is 83.5 Å². The number of hydrogen-bond donors (Lipinski definition) is 0. The van der Waals surface area contributed by atoms with Crippen molar-refractivity contribution < 1.29 is 4.39 Å². The summed E-state index contributed by atoms with van der Waals surface area (Å²) in [6.45, 7) is 2.13. The van der Waals surface area contributed by atoms with Gasteiger partial charge in [-0.2, -0.15) is 0 Å². The summed E-state index contributed by atoms with van der Waals surface area (Å²) in [4.78, 5) is 0. The normalized spacial score (nSPS) is 38.3. The van der Waals surface area contributed by atoms with Gasteiger partial charge < -0.3 is 0 Å². The Labute approximate surface area is 168 Å². The van der Waals surface area contributed by atoms with Crippen LogP contribution in [0.4, 0.5) is 4.39 Å². The van der Waals surface area contributed by atoms with Crippen molar-refractivity contribution in [3.63, 3.8) is 0 Å². The average molecular weight is 377 g/mol. The van der Waals surface area contributed by atoms with Crippen LogP contribution in [0.25, 0.3) is 0 Å². The smallest absolute Gasteiger partial charge is 0.0928 e. The second kappa shape index (κ2) is 11.6. The van der Waals surface area contributed by atoms with Crippen molar-refractivity contribution in [1.29, 1.82) is 0 Å². The molecule has 0 amide bonds. The molecule has 0 spiro atoms. The van der Waals surface area contributed by atoms with Gasteiger partial charge in [-0.05, 0) is 106 Å². The third-order valence-electron chi connectivity index (χ3n) is 8.51. The van der Waals surface area contributed by atoms with E-state index >= 15 is 0 Å². The van der Waals surface area contributed by atoms with Gasteiger partial charge in [0.2, 0.25) is 0 Å². The highest BCUT2D eigenvalue weighted by Gasteiger charge is 2.34. The lowest BCUT2D eigenvalue weighted by atomic mass is 9.65. The van der Waals surface area contributed by atoms with Crippen LogP contribution in [0.1, 0.15) is 110 Å². The van der Waals surface area contributed by atoms with Crippen molar-refractivity contribution in [2.45, 2.75) is 110 Å². The number of alkyl halides is 1. The van der Waals surface area contributed by atoms with Crippen LogP contribution in [0, 0.1) is 35.5 Å². The van der Waals surface area contributed by atoms with Gasteiger partial charge in [-0.15, -0.1) is 0 Å². The first-order valence-electron chi connectivity index (χ1n) is 12.5. The second-order valence-electron chi connectivity index (χ2n) is 10.2. The molecular formula is C26H45F. The molecule has 0 aromatic rings. The van der Waals surface area contributed by atoms with Gasteiger partial charge in [0, 0.05) is 0 Å². The summed E-state index contributed by atoms with van der Waals surface area (Å²) in [5.74, 6) is 5.96. The van der Waals surface area contributed by atoms with Crippen molar-refractivity contribution in [1.82, 2.24) is 0 Å². The van der Waals surface area contributed by atoms with Crippen LogP contribution < -0.4 is 0 Å². The zero-order valence-electron chi connectivity index (χ0n) is 18.0. The third-order valence-corrected chi connectivity index (χ3v) is 8.51. The van der Waals surface area contributed by atoms with Gasteiger partial charge in [0.15, 0.2) is 0 Å². The van der Waals surface area contributed by atoms with E-state index in [0.717, 1.165) is 35.5 Å². The van der Waals surface area contributed by atoms with Gasteiger partial charge in [-0.3, -0.25) is 4.39 Å². The van der Waals surface area contributed by atoms with Crippen LogP contribution >= 0.6 is 0 Å². The van der Waals surface area contributed by atoms with Gasteiger partial charge in [0.25, 0.3) is 0 Å². The lowest BCUT2D eigenvalue weighted by Gasteiger charge is -2.41. The Bertz CT molecular complexity index is 404. The second-order valence-corrected chi connectivity index (χ2v) is 10.2. The van der Waals surface area contributed by atoms with Gasteiger partial charge >= 0.3 is 0 Å². The maximum Gasteiger partial charge on any atom is 0.0928 e. The van der Waals surface area contributed by atoms with E-state index < -0.39 is 0 Å². The van der Waals surface area contributed by atoms with E-state index in [4.69, 9.17) is 0 Å². The molecule has 0 heterocycles. The van der Waals surface area contributed by atoms with Gasteiger partial charge in [0.05, 0.1) is 6.67 Å². The summed E-state index contributed by atoms with van der Waals surface area (Å²) in [6, 6.07) is 0. The fourth-order valence-corrected chi connectivity index (χ4v) is 6.69. The van der Waals surface area contributed by atoms with E-state index in [1.807, 2.05) is 0 Å². The predicted molar refractivity (Wildman–Crippen MR) is 116 cm³/mol. The van der Waals surface area contributed by atoms with Crippen LogP contribution in [-0.2, 0) is 0 Å². The van der Waals surface area contributed by atoms with Crippen LogP contribution in [0.2, 0.25) is 0 Å². The topological polar surface area (TPSA) is 0 Å². The lowest BCUT2D eigenvalue weighted by Crippen LogP contribution is -2.29. The first-order valence-corrected chi connectivity index (χ1v) is 12.5. The molecule has 0 aromatic carbocycles. The van der Waals surface area contributed by atoms with Gasteiger partial charge in [0.1, 0.15) is 0 Å². The lowest BCUT2D eigenvalue weighted by molar-refractivity contribution is 0.107. The minimum absolute atomic E-state index is 0.199. The monoisotopic (exact) mass is 376 g/mol. The summed E-state index contributed by atoms with van der Waals surface area (Å²) in [7, 11) is 0. The SMILES string of the molecule is CCCCC1CCC(C2CCC(C3CCC(C=CCCF)CC3)CC2)CC1. The first-order chi connectivity index (χ1) is 13.3. The summed E-state index contributed by atoms with van der Waals surface area (Å²) < 4.78 is 12.2. The van der Waals surface area contributed by atoms with Crippen LogP contribution in [0.5, 0.6) is 0 Å². The summed E-state index contributed by atoms with van der Waals surface area (Å²) in [5.41, 5.74) is 0. The molecule has 156 valence electrons. The predicted octanol–water partition coefficient (Wildman–Crippen LogP) is 8.51. The molecular weight excluding hydrogens is 331 g/mol. The Kier molecular flexibility index (Phi) is 9.20. The number of unbranched alkanes of at least 4 members (excludes halogenated alkanes) is 1. The van der Waals surface area contributed by atoms with E-state index in [1.54, 1.807) is 12.8 Å². The fraction of sp³-hybridized carbons (Fsp3) is 0.923. The van der Waals surface area contributed by atoms with Crippen molar-refractivity contribution >= 4 is 0 Å². The van der Waals surface area contributed by atoms with Crippen molar-refractivity contribution in [3.8, 4) is 0 Å². The minimum atomic E-state index is -0.199. The zero-order valence-corrected chi connectivity index (χ0v) is 18.0. The van der Waals surface area contributed by atoms with E-state index in [9.17, 15) is 4.39 Å². The highest BCUT2D eigenvalue weighted by molar-refractivity contribution is 4.93. The first kappa shape index (κ1) is 21.4. The molecule has 0 atom stereocenters. The highest BCUT2D eigenvalue weighted by Crippen LogP contribution is 2.46. The molecule has 3 rings (SSSR count). The Hall–Kier alpha value is -0.330. The average Bonchev–Trinajstić information content (AvgIpc) is 2.73. The summed E-state index contributed by atoms with van der Waals surface area (Å²) in [6.07, 6.45) is 27.2. The zero-order chi connectivity index (χ0) is 18.9. The third kappa shape index (κ3) is 6.60. The molecule has 0 nitrogen and oxygen atoms in total. The molecule has 0 bridgehead atoms. The molecule has 3 fully saturated rings. The molecule has 27 heavy (non-hydrogen) atoms. The van der Waals surface area contributed by atoms with E-state index in [0.29, 0.717) is 6.42 Å². The Morgan fingerprint density at radius 3 is 1.67 bits per heavy atom. The molecule has 1 heteroatoms. The number of hydrogen-bond acceptors (Lipinski definition) is 0. The molecule has 0 radical (unpaired) electrons. The molecule has 0 N–H and O–H groups in total. The van der Waals surface area contributed by atoms with Crippen LogP contribution in [0.15, 0.2) is 12.2 Å². The maximum absolute atomic E-state index is 12.2. The number of halogens is 1. The minimum Gasteiger partial charge on any atom is -0.251 e. The Morgan fingerprint density at radius 2 is 1.19 bits per heavy atom. The number of rotatable bonds is 8. The standard InChI is InChI=1S/C26H45F/c1-2-3-6-21-8-12-23(13-9-21)25-16-18-26(19-17-25)24-14-10-22(11-15-24)7-4-5-20-27/h4,7,21-26H,2-3,5-6,8-20H2,1H3. The van der Waals surface area contributed by atoms with Gasteiger partial charge in [-0.25, -0.2) is 0 Å². The van der Waals surface area contributed by atoms with Crippen LogP contribution in [-0.4, -0.2) is 6.67 Å². The highest BCUT2D eigenvalue weighted by atomic mass is 19.1. The Balaban J connectivity index is 1.33. The number of allylic oxidation sites excluding steroid dienone is 2. The van der Waals surface area contributed by atoms with E-state index in [2.05, 4.69) is 19.1 Å². The van der Waals surface area contributed by atoms with Crippen LogP contribution in [0.3, 0.4) is 0 Å². The quantitative estimate of drug-likeness (QED) is 0.372. The van der Waals surface area contributed by atoms with E-state index in [-0.39, 0.29) is 6.67 Å². The molecule has 3 aliphatic carbocycles. The van der Waals surface area contributed by atoms with Crippen molar-refractivity contribution in [2.75, 3.05) is 6.67 Å². The molecule has 3 saturated carbocycles. The molecule has 0 aromatic heterocycles. The van der Waals surface area contributed by atoms with Crippen molar-refractivity contribution in [2.24, 2.45) is 35.5 Å². The van der Waals surface area contributed by atoms with Gasteiger partial charge in [-0.1, -0.05) is 51.2 Å². The van der Waals surface area contributed by atoms with Crippen molar-refractivity contribution in [3.05, 3.63) is 12.2 Å². The largest absolute Gasteiger partial charge is 0.251 e.